The van der Waals surface area contributed by atoms with Gasteiger partial charge in [-0.2, -0.15) is 4.98 Å². The van der Waals surface area contributed by atoms with Crippen molar-refractivity contribution in [2.24, 2.45) is 0 Å². The smallest absolute Gasteiger partial charge is 0.243 e. The maximum atomic E-state index is 11.8. The lowest BCUT2D eigenvalue weighted by Gasteiger charge is -2.01. The molecule has 3 heterocycles. The van der Waals surface area contributed by atoms with Crippen LogP contribution in [-0.2, 0) is 4.79 Å². The van der Waals surface area contributed by atoms with Crippen LogP contribution >= 0.6 is 0 Å². The largest absolute Gasteiger partial charge is 0.338 e. The van der Waals surface area contributed by atoms with Gasteiger partial charge in [0.15, 0.2) is 5.82 Å². The Morgan fingerprint density at radius 3 is 2.82 bits per heavy atom. The van der Waals surface area contributed by atoms with E-state index in [0.29, 0.717) is 23.0 Å². The van der Waals surface area contributed by atoms with Gasteiger partial charge in [-0.1, -0.05) is 5.16 Å². The number of fused-ring (bicyclic) bond motifs is 1. The van der Waals surface area contributed by atoms with Gasteiger partial charge in [0.25, 0.3) is 0 Å². The van der Waals surface area contributed by atoms with Gasteiger partial charge in [-0.25, -0.2) is 9.97 Å². The number of nitrogens with zero attached hydrogens (tertiary/aromatic N) is 4. The fraction of sp³-hybridized carbons (Fsp3) is 0.300. The van der Waals surface area contributed by atoms with Crippen LogP contribution in [0.25, 0.3) is 0 Å². The van der Waals surface area contributed by atoms with E-state index in [1.54, 1.807) is 20.0 Å². The summed E-state index contributed by atoms with van der Waals surface area (Å²) in [6.07, 6.45) is 1.61. The number of amides is 1. The molecule has 1 N–H and O–H groups in total. The van der Waals surface area contributed by atoms with E-state index < -0.39 is 5.92 Å². The molecule has 3 rings (SSSR count). The summed E-state index contributed by atoms with van der Waals surface area (Å²) in [6.45, 7) is 3.46. The molecule has 86 valence electrons. The van der Waals surface area contributed by atoms with Gasteiger partial charge >= 0.3 is 0 Å². The first-order chi connectivity index (χ1) is 8.15. The van der Waals surface area contributed by atoms with Gasteiger partial charge in [-0.3, -0.25) is 4.79 Å². The molecule has 7 nitrogen and oxygen atoms in total. The van der Waals surface area contributed by atoms with Crippen LogP contribution in [0.5, 0.6) is 0 Å². The standard InChI is InChI=1S/C10H9N5O2/c1-4-11-3-6-7(9(16)14-8(6)12-4)10-13-5(2)15-17-10/h3,7H,1-2H3,(H,11,12,14,16). The molecule has 1 aliphatic rings. The van der Waals surface area contributed by atoms with Crippen molar-refractivity contribution in [3.63, 3.8) is 0 Å². The molecule has 0 aliphatic carbocycles. The number of carbonyl (C=O) groups is 1. The monoisotopic (exact) mass is 231 g/mol. The van der Waals surface area contributed by atoms with Crippen LogP contribution in [0, 0.1) is 13.8 Å². The molecule has 1 amide bonds. The highest BCUT2D eigenvalue weighted by molar-refractivity contribution is 6.03. The maximum absolute atomic E-state index is 11.8. The first kappa shape index (κ1) is 9.88. The molecule has 0 radical (unpaired) electrons. The van der Waals surface area contributed by atoms with Crippen molar-refractivity contribution >= 4 is 11.7 Å². The number of rotatable bonds is 1. The summed E-state index contributed by atoms with van der Waals surface area (Å²) in [5.41, 5.74) is 0.671. The minimum Gasteiger partial charge on any atom is -0.338 e. The van der Waals surface area contributed by atoms with Crippen molar-refractivity contribution in [3.05, 3.63) is 29.3 Å². The molecule has 17 heavy (non-hydrogen) atoms. The van der Waals surface area contributed by atoms with Gasteiger partial charge in [0.1, 0.15) is 17.6 Å². The Morgan fingerprint density at radius 2 is 2.12 bits per heavy atom. The number of aromatic nitrogens is 4. The third-order valence-electron chi connectivity index (χ3n) is 2.54. The van der Waals surface area contributed by atoms with E-state index in [4.69, 9.17) is 4.52 Å². The molecule has 1 aliphatic heterocycles. The van der Waals surface area contributed by atoms with Crippen LogP contribution in [0.1, 0.15) is 29.0 Å². The second kappa shape index (κ2) is 3.34. The van der Waals surface area contributed by atoms with Crippen molar-refractivity contribution in [1.82, 2.24) is 20.1 Å². The Morgan fingerprint density at radius 1 is 1.29 bits per heavy atom. The average Bonchev–Trinajstić information content (AvgIpc) is 2.80. The summed E-state index contributed by atoms with van der Waals surface area (Å²) >= 11 is 0. The van der Waals surface area contributed by atoms with Gasteiger partial charge in [0, 0.05) is 11.8 Å². The molecule has 0 saturated carbocycles. The topological polar surface area (TPSA) is 93.8 Å². The minimum atomic E-state index is -0.605. The van der Waals surface area contributed by atoms with Crippen LogP contribution in [-0.4, -0.2) is 26.0 Å². The Hall–Kier alpha value is -2.31. The predicted octanol–water partition coefficient (Wildman–Crippen LogP) is 0.560. The Labute approximate surface area is 96.3 Å². The molecular formula is C10H9N5O2. The minimum absolute atomic E-state index is 0.219. The van der Waals surface area contributed by atoms with Gasteiger partial charge < -0.3 is 9.84 Å². The number of hydrogen-bond donors (Lipinski definition) is 1. The summed E-state index contributed by atoms with van der Waals surface area (Å²) in [4.78, 5) is 24.1. The summed E-state index contributed by atoms with van der Waals surface area (Å²) in [5, 5.41) is 6.36. The van der Waals surface area contributed by atoms with Gasteiger partial charge in [-0.05, 0) is 13.8 Å². The van der Waals surface area contributed by atoms with Gasteiger partial charge in [0.05, 0.1) is 0 Å². The first-order valence-corrected chi connectivity index (χ1v) is 5.10. The van der Waals surface area contributed by atoms with Crippen molar-refractivity contribution in [3.8, 4) is 0 Å². The van der Waals surface area contributed by atoms with Gasteiger partial charge in [-0.15, -0.1) is 0 Å². The highest BCUT2D eigenvalue weighted by Gasteiger charge is 2.37. The van der Waals surface area contributed by atoms with Crippen molar-refractivity contribution in [2.75, 3.05) is 5.32 Å². The number of aryl methyl sites for hydroxylation is 2. The van der Waals surface area contributed by atoms with Crippen LogP contribution < -0.4 is 5.32 Å². The first-order valence-electron chi connectivity index (χ1n) is 5.10. The zero-order valence-corrected chi connectivity index (χ0v) is 9.26. The van der Waals surface area contributed by atoms with Crippen molar-refractivity contribution < 1.29 is 9.32 Å². The Balaban J connectivity index is 2.11. The molecule has 1 atom stereocenters. The Bertz CT molecular complexity index is 606. The molecule has 2 aromatic rings. The Kier molecular flexibility index (Phi) is 1.94. The number of hydrogen-bond acceptors (Lipinski definition) is 6. The molecule has 0 spiro atoms. The second-order valence-corrected chi connectivity index (χ2v) is 3.82. The quantitative estimate of drug-likeness (QED) is 0.770. The van der Waals surface area contributed by atoms with Crippen molar-refractivity contribution in [1.29, 1.82) is 0 Å². The molecule has 0 saturated heterocycles. The van der Waals surface area contributed by atoms with E-state index in [2.05, 4.69) is 25.4 Å². The number of carbonyl (C=O) groups excluding carboxylic acids is 1. The lowest BCUT2D eigenvalue weighted by atomic mass is 10.0. The van der Waals surface area contributed by atoms with E-state index >= 15 is 0 Å². The zero-order valence-electron chi connectivity index (χ0n) is 9.26. The molecule has 2 aromatic heterocycles. The fourth-order valence-corrected chi connectivity index (χ4v) is 1.80. The summed E-state index contributed by atoms with van der Waals surface area (Å²) in [5.74, 6) is 1.06. The third-order valence-corrected chi connectivity index (χ3v) is 2.54. The number of anilines is 1. The summed E-state index contributed by atoms with van der Waals surface area (Å²) < 4.78 is 5.03. The molecule has 1 unspecified atom stereocenters. The number of nitrogens with one attached hydrogen (secondary N) is 1. The lowest BCUT2D eigenvalue weighted by Crippen LogP contribution is -2.13. The molecule has 0 bridgehead atoms. The average molecular weight is 231 g/mol. The van der Waals surface area contributed by atoms with E-state index in [9.17, 15) is 4.79 Å². The predicted molar refractivity (Wildman–Crippen MR) is 56.3 cm³/mol. The summed E-state index contributed by atoms with van der Waals surface area (Å²) in [6, 6.07) is 0. The third kappa shape index (κ3) is 1.47. The fourth-order valence-electron chi connectivity index (χ4n) is 1.80. The van der Waals surface area contributed by atoms with Crippen molar-refractivity contribution in [2.45, 2.75) is 19.8 Å². The van der Waals surface area contributed by atoms with Crippen LogP contribution in [0.3, 0.4) is 0 Å². The van der Waals surface area contributed by atoms with E-state index in [1.165, 1.54) is 0 Å². The molecule has 7 heteroatoms. The normalized spacial score (nSPS) is 18.0. The zero-order chi connectivity index (χ0) is 12.0. The molecule has 0 fully saturated rings. The maximum Gasteiger partial charge on any atom is 0.243 e. The SMILES string of the molecule is Cc1noc(C2C(=O)Nc3nc(C)ncc32)n1. The molecular weight excluding hydrogens is 222 g/mol. The lowest BCUT2D eigenvalue weighted by molar-refractivity contribution is -0.116. The van der Waals surface area contributed by atoms with E-state index in [0.717, 1.165) is 0 Å². The second-order valence-electron chi connectivity index (χ2n) is 3.82. The molecule has 0 aromatic carbocycles. The van der Waals surface area contributed by atoms with Crippen LogP contribution in [0.15, 0.2) is 10.7 Å². The van der Waals surface area contributed by atoms with Crippen LogP contribution in [0.2, 0.25) is 0 Å². The van der Waals surface area contributed by atoms with E-state index in [-0.39, 0.29) is 11.8 Å². The summed E-state index contributed by atoms with van der Waals surface area (Å²) in [7, 11) is 0. The van der Waals surface area contributed by atoms with Crippen LogP contribution in [0.4, 0.5) is 5.82 Å². The highest BCUT2D eigenvalue weighted by Crippen LogP contribution is 2.34. The highest BCUT2D eigenvalue weighted by atomic mass is 16.5. The van der Waals surface area contributed by atoms with Gasteiger partial charge in [0.2, 0.25) is 11.8 Å². The van der Waals surface area contributed by atoms with E-state index in [1.807, 2.05) is 0 Å².